The number of anilines is 1. The highest BCUT2D eigenvalue weighted by atomic mass is 16.5. The van der Waals surface area contributed by atoms with Crippen LogP contribution in [0.15, 0.2) is 78.9 Å². The van der Waals surface area contributed by atoms with Gasteiger partial charge in [0.1, 0.15) is 5.75 Å². The fourth-order valence-electron chi connectivity index (χ4n) is 3.23. The van der Waals surface area contributed by atoms with Crippen LogP contribution in [0.4, 0.5) is 5.69 Å². The Hall–Kier alpha value is -3.33. The zero-order valence-electron chi connectivity index (χ0n) is 14.6. The summed E-state index contributed by atoms with van der Waals surface area (Å²) >= 11 is 0. The third-order valence-electron chi connectivity index (χ3n) is 4.57. The van der Waals surface area contributed by atoms with Crippen molar-refractivity contribution in [1.82, 2.24) is 0 Å². The van der Waals surface area contributed by atoms with Gasteiger partial charge in [-0.25, -0.2) is 0 Å². The van der Waals surface area contributed by atoms with Crippen molar-refractivity contribution in [1.29, 1.82) is 0 Å². The van der Waals surface area contributed by atoms with E-state index in [1.807, 2.05) is 89.8 Å². The van der Waals surface area contributed by atoms with E-state index in [-0.39, 0.29) is 5.91 Å². The number of methoxy groups -OCH3 is 1. The average Bonchev–Trinajstić information content (AvgIpc) is 2.95. The molecule has 0 unspecified atom stereocenters. The van der Waals surface area contributed by atoms with Crippen molar-refractivity contribution in [3.8, 4) is 5.75 Å². The molecule has 3 nitrogen and oxygen atoms in total. The predicted octanol–water partition coefficient (Wildman–Crippen LogP) is 4.78. The van der Waals surface area contributed by atoms with Crippen molar-refractivity contribution in [2.45, 2.75) is 6.54 Å². The van der Waals surface area contributed by atoms with E-state index >= 15 is 0 Å². The van der Waals surface area contributed by atoms with E-state index in [1.165, 1.54) is 0 Å². The highest BCUT2D eigenvalue weighted by molar-refractivity contribution is 6.35. The summed E-state index contributed by atoms with van der Waals surface area (Å²) in [5.74, 6) is 0.845. The zero-order chi connectivity index (χ0) is 17.9. The molecular formula is C23H19NO2. The Morgan fingerprint density at radius 3 is 2.31 bits per heavy atom. The molecule has 0 aromatic heterocycles. The number of carbonyl (C=O) groups is 1. The van der Waals surface area contributed by atoms with Crippen LogP contribution in [0.25, 0.3) is 11.6 Å². The second kappa shape index (κ2) is 6.89. The van der Waals surface area contributed by atoms with Crippen LogP contribution in [0.2, 0.25) is 0 Å². The standard InChI is InChI=1S/C23H19NO2/c1-26-19-13-11-18(12-14-19)16-24-22-10-6-5-9-20(22)21(23(24)25)15-17-7-3-2-4-8-17/h2-15H,16H2,1H3/b21-15+. The van der Waals surface area contributed by atoms with E-state index in [2.05, 4.69) is 0 Å². The molecule has 3 heteroatoms. The summed E-state index contributed by atoms with van der Waals surface area (Å²) in [5.41, 5.74) is 4.76. The Labute approximate surface area is 153 Å². The molecule has 0 saturated heterocycles. The normalized spacial score (nSPS) is 14.6. The molecule has 26 heavy (non-hydrogen) atoms. The van der Waals surface area contributed by atoms with Crippen molar-refractivity contribution in [3.05, 3.63) is 95.6 Å². The van der Waals surface area contributed by atoms with Crippen LogP contribution in [-0.4, -0.2) is 13.0 Å². The SMILES string of the molecule is COc1ccc(CN2C(=O)/C(=C/c3ccccc3)c3ccccc32)cc1. The molecule has 0 radical (unpaired) electrons. The number of hydrogen-bond donors (Lipinski definition) is 0. The van der Waals surface area contributed by atoms with Gasteiger partial charge in [0.25, 0.3) is 5.91 Å². The van der Waals surface area contributed by atoms with Gasteiger partial charge in [-0.2, -0.15) is 0 Å². The molecule has 0 fully saturated rings. The molecule has 1 aliphatic heterocycles. The summed E-state index contributed by atoms with van der Waals surface area (Å²) < 4.78 is 5.21. The number of hydrogen-bond acceptors (Lipinski definition) is 2. The molecule has 0 bridgehead atoms. The van der Waals surface area contributed by atoms with Crippen LogP contribution in [0.5, 0.6) is 5.75 Å². The Bertz CT molecular complexity index is 959. The van der Waals surface area contributed by atoms with Crippen molar-refractivity contribution < 1.29 is 9.53 Å². The minimum absolute atomic E-state index is 0.0332. The highest BCUT2D eigenvalue weighted by Gasteiger charge is 2.31. The van der Waals surface area contributed by atoms with E-state index in [0.29, 0.717) is 6.54 Å². The molecule has 0 spiro atoms. The molecule has 1 heterocycles. The summed E-state index contributed by atoms with van der Waals surface area (Å²) in [6.45, 7) is 0.534. The fourth-order valence-corrected chi connectivity index (χ4v) is 3.23. The van der Waals surface area contributed by atoms with Gasteiger partial charge in [0.15, 0.2) is 0 Å². The van der Waals surface area contributed by atoms with E-state index in [4.69, 9.17) is 4.74 Å². The summed E-state index contributed by atoms with van der Waals surface area (Å²) in [5, 5.41) is 0. The largest absolute Gasteiger partial charge is 0.497 e. The Morgan fingerprint density at radius 2 is 1.58 bits per heavy atom. The van der Waals surface area contributed by atoms with Crippen LogP contribution in [0.3, 0.4) is 0 Å². The molecule has 1 amide bonds. The average molecular weight is 341 g/mol. The first-order valence-electron chi connectivity index (χ1n) is 8.57. The van der Waals surface area contributed by atoms with E-state index in [9.17, 15) is 4.79 Å². The van der Waals surface area contributed by atoms with Crippen molar-refractivity contribution in [2.24, 2.45) is 0 Å². The first kappa shape index (κ1) is 16.2. The lowest BCUT2D eigenvalue weighted by Crippen LogP contribution is -2.25. The number of fused-ring (bicyclic) bond motifs is 1. The number of rotatable bonds is 4. The monoisotopic (exact) mass is 341 g/mol. The quantitative estimate of drug-likeness (QED) is 0.639. The van der Waals surface area contributed by atoms with Gasteiger partial charge >= 0.3 is 0 Å². The van der Waals surface area contributed by atoms with Gasteiger partial charge in [-0.3, -0.25) is 4.79 Å². The molecule has 0 atom stereocenters. The van der Waals surface area contributed by atoms with Crippen LogP contribution >= 0.6 is 0 Å². The smallest absolute Gasteiger partial charge is 0.259 e. The maximum Gasteiger partial charge on any atom is 0.259 e. The molecule has 1 aliphatic rings. The summed E-state index contributed by atoms with van der Waals surface area (Å²) in [4.78, 5) is 15.0. The molecule has 0 aliphatic carbocycles. The maximum absolute atomic E-state index is 13.1. The third kappa shape index (κ3) is 3.00. The predicted molar refractivity (Wildman–Crippen MR) is 105 cm³/mol. The van der Waals surface area contributed by atoms with Crippen LogP contribution < -0.4 is 9.64 Å². The summed E-state index contributed by atoms with van der Waals surface area (Å²) in [6.07, 6.45) is 1.97. The number of benzene rings is 3. The molecule has 3 aromatic carbocycles. The lowest BCUT2D eigenvalue weighted by atomic mass is 10.0. The third-order valence-corrected chi connectivity index (χ3v) is 4.57. The maximum atomic E-state index is 13.1. The van der Waals surface area contributed by atoms with E-state index < -0.39 is 0 Å². The Morgan fingerprint density at radius 1 is 0.885 bits per heavy atom. The van der Waals surface area contributed by atoms with Crippen molar-refractivity contribution in [2.75, 3.05) is 12.0 Å². The van der Waals surface area contributed by atoms with Gasteiger partial charge in [-0.1, -0.05) is 60.7 Å². The van der Waals surface area contributed by atoms with Gasteiger partial charge in [0, 0.05) is 11.1 Å². The Balaban J connectivity index is 1.70. The summed E-state index contributed by atoms with van der Waals surface area (Å²) in [6, 6.07) is 25.7. The lowest BCUT2D eigenvalue weighted by Gasteiger charge is -2.17. The number of nitrogens with zero attached hydrogens (tertiary/aromatic N) is 1. The lowest BCUT2D eigenvalue weighted by molar-refractivity contribution is -0.113. The van der Waals surface area contributed by atoms with Gasteiger partial charge in [0.2, 0.25) is 0 Å². The number of ether oxygens (including phenoxy) is 1. The number of amides is 1. The Kier molecular flexibility index (Phi) is 4.28. The van der Waals surface area contributed by atoms with Gasteiger partial charge in [0.05, 0.1) is 19.3 Å². The number of carbonyl (C=O) groups excluding carboxylic acids is 1. The summed E-state index contributed by atoms with van der Waals surface area (Å²) in [7, 11) is 1.65. The molecule has 0 N–H and O–H groups in total. The molecule has 4 rings (SSSR count). The molecule has 3 aromatic rings. The fraction of sp³-hybridized carbons (Fsp3) is 0.0870. The van der Waals surface area contributed by atoms with Crippen LogP contribution in [-0.2, 0) is 11.3 Å². The van der Waals surface area contributed by atoms with Crippen molar-refractivity contribution in [3.63, 3.8) is 0 Å². The first-order chi connectivity index (χ1) is 12.8. The molecular weight excluding hydrogens is 322 g/mol. The van der Waals surface area contributed by atoms with Gasteiger partial charge in [-0.15, -0.1) is 0 Å². The minimum Gasteiger partial charge on any atom is -0.497 e. The topological polar surface area (TPSA) is 29.5 Å². The van der Waals surface area contributed by atoms with Gasteiger partial charge < -0.3 is 9.64 Å². The van der Waals surface area contributed by atoms with Gasteiger partial charge in [-0.05, 0) is 35.4 Å². The van der Waals surface area contributed by atoms with E-state index in [1.54, 1.807) is 7.11 Å². The highest BCUT2D eigenvalue weighted by Crippen LogP contribution is 2.38. The van der Waals surface area contributed by atoms with Crippen LogP contribution in [0.1, 0.15) is 16.7 Å². The second-order valence-electron chi connectivity index (χ2n) is 6.23. The second-order valence-corrected chi connectivity index (χ2v) is 6.23. The number of para-hydroxylation sites is 1. The molecule has 128 valence electrons. The first-order valence-corrected chi connectivity index (χ1v) is 8.57. The zero-order valence-corrected chi connectivity index (χ0v) is 14.6. The van der Waals surface area contributed by atoms with Crippen molar-refractivity contribution >= 4 is 23.2 Å². The van der Waals surface area contributed by atoms with Crippen LogP contribution in [0, 0.1) is 0 Å². The minimum atomic E-state index is 0.0332. The molecule has 0 saturated carbocycles. The van der Waals surface area contributed by atoms with E-state index in [0.717, 1.165) is 33.7 Å².